The van der Waals surface area contributed by atoms with Crippen molar-refractivity contribution in [3.05, 3.63) is 88.0 Å². The lowest BCUT2D eigenvalue weighted by atomic mass is 9.74. The number of hydrogen-bond donors (Lipinski definition) is 2. The normalized spacial score (nSPS) is 14.9. The van der Waals surface area contributed by atoms with E-state index in [1.54, 1.807) is 25.3 Å². The zero-order valence-corrected chi connectivity index (χ0v) is 24.2. The first kappa shape index (κ1) is 28.9. The van der Waals surface area contributed by atoms with Crippen LogP contribution in [0.3, 0.4) is 0 Å². The van der Waals surface area contributed by atoms with Crippen LogP contribution in [0, 0.1) is 18.7 Å². The van der Waals surface area contributed by atoms with Crippen LogP contribution in [-0.4, -0.2) is 36.1 Å². The molecule has 1 aliphatic rings. The number of rotatable bonds is 10. The number of benzene rings is 2. The Kier molecular flexibility index (Phi) is 8.82. The Labute approximate surface area is 244 Å². The van der Waals surface area contributed by atoms with E-state index >= 15 is 0 Å². The highest BCUT2D eigenvalue weighted by Gasteiger charge is 2.32. The molecular weight excluding hydrogens is 543 g/mol. The Morgan fingerprint density at radius 2 is 1.90 bits per heavy atom. The zero-order valence-electron chi connectivity index (χ0n) is 23.4. The maximum Gasteiger partial charge on any atom is 0.251 e. The van der Waals surface area contributed by atoms with Gasteiger partial charge in [0.1, 0.15) is 17.3 Å². The molecule has 1 amide bonds. The first-order valence-electron chi connectivity index (χ1n) is 13.8. The molecule has 3 N–H and O–H groups in total. The topological polar surface area (TPSA) is 99.4 Å². The SMILES string of the molecule is COc1c(C(C)CON)cc(C(CNC(=O)c2ccc3nc(C)c(Cl)cc3c2)C2CCC2)nc1-c1ccc(F)cc1. The molecule has 4 aromatic rings. The number of methoxy groups -OCH3 is 1. The lowest BCUT2D eigenvalue weighted by molar-refractivity contribution is 0.0943. The number of aryl methyl sites for hydroxylation is 1. The van der Waals surface area contributed by atoms with Crippen molar-refractivity contribution in [2.45, 2.75) is 44.9 Å². The summed E-state index contributed by atoms with van der Waals surface area (Å²) in [6, 6.07) is 15.5. The van der Waals surface area contributed by atoms with Gasteiger partial charge in [-0.2, -0.15) is 0 Å². The molecular formula is C32H34ClFN4O3. The molecule has 0 radical (unpaired) electrons. The number of aromatic nitrogens is 2. The molecule has 2 heterocycles. The quantitative estimate of drug-likeness (QED) is 0.203. The van der Waals surface area contributed by atoms with Crippen molar-refractivity contribution in [1.29, 1.82) is 0 Å². The second kappa shape index (κ2) is 12.5. The molecule has 5 rings (SSSR count). The number of fused-ring (bicyclic) bond motifs is 1. The van der Waals surface area contributed by atoms with Crippen molar-refractivity contribution in [1.82, 2.24) is 15.3 Å². The van der Waals surface area contributed by atoms with E-state index in [1.807, 2.05) is 38.1 Å². The molecule has 9 heteroatoms. The summed E-state index contributed by atoms with van der Waals surface area (Å²) >= 11 is 6.28. The van der Waals surface area contributed by atoms with Crippen LogP contribution in [0.15, 0.2) is 54.6 Å². The van der Waals surface area contributed by atoms with Crippen molar-refractivity contribution >= 4 is 28.4 Å². The van der Waals surface area contributed by atoms with E-state index in [0.717, 1.165) is 52.7 Å². The summed E-state index contributed by atoms with van der Waals surface area (Å²) in [6.45, 7) is 4.56. The number of pyridine rings is 2. The smallest absolute Gasteiger partial charge is 0.251 e. The van der Waals surface area contributed by atoms with Crippen LogP contribution in [0.5, 0.6) is 5.75 Å². The maximum absolute atomic E-state index is 13.8. The van der Waals surface area contributed by atoms with Gasteiger partial charge in [0.15, 0.2) is 0 Å². The zero-order chi connectivity index (χ0) is 29.1. The van der Waals surface area contributed by atoms with Crippen LogP contribution in [0.25, 0.3) is 22.2 Å². The van der Waals surface area contributed by atoms with Crippen molar-refractivity contribution in [2.75, 3.05) is 20.3 Å². The minimum absolute atomic E-state index is 0.0261. The molecule has 2 unspecified atom stereocenters. The molecule has 0 saturated heterocycles. The first-order chi connectivity index (χ1) is 19.8. The second-order valence-corrected chi connectivity index (χ2v) is 11.1. The van der Waals surface area contributed by atoms with Gasteiger partial charge in [-0.25, -0.2) is 15.3 Å². The summed E-state index contributed by atoms with van der Waals surface area (Å²) in [5.41, 5.74) is 5.17. The van der Waals surface area contributed by atoms with Crippen LogP contribution < -0.4 is 16.0 Å². The Hall–Kier alpha value is -3.59. The largest absolute Gasteiger partial charge is 0.494 e. The summed E-state index contributed by atoms with van der Waals surface area (Å²) in [5.74, 6) is 5.78. The monoisotopic (exact) mass is 576 g/mol. The summed E-state index contributed by atoms with van der Waals surface area (Å²) in [7, 11) is 1.60. The fourth-order valence-electron chi connectivity index (χ4n) is 5.43. The lowest BCUT2D eigenvalue weighted by Crippen LogP contribution is -2.34. The van der Waals surface area contributed by atoms with Gasteiger partial charge in [0, 0.05) is 46.2 Å². The van der Waals surface area contributed by atoms with Crippen LogP contribution in [0.4, 0.5) is 4.39 Å². The molecule has 41 heavy (non-hydrogen) atoms. The minimum atomic E-state index is -0.328. The summed E-state index contributed by atoms with van der Waals surface area (Å²) in [5, 5.41) is 4.52. The Balaban J connectivity index is 1.49. The first-order valence-corrected chi connectivity index (χ1v) is 14.2. The van der Waals surface area contributed by atoms with E-state index < -0.39 is 0 Å². The van der Waals surface area contributed by atoms with Gasteiger partial charge in [-0.1, -0.05) is 24.9 Å². The van der Waals surface area contributed by atoms with Crippen LogP contribution in [0.1, 0.15) is 65.3 Å². The third-order valence-electron chi connectivity index (χ3n) is 8.01. The van der Waals surface area contributed by atoms with E-state index in [4.69, 9.17) is 32.1 Å². The van der Waals surface area contributed by atoms with E-state index in [9.17, 15) is 9.18 Å². The Morgan fingerprint density at radius 3 is 2.56 bits per heavy atom. The highest BCUT2D eigenvalue weighted by atomic mass is 35.5. The van der Waals surface area contributed by atoms with Crippen LogP contribution in [-0.2, 0) is 4.84 Å². The molecule has 0 bridgehead atoms. The van der Waals surface area contributed by atoms with Crippen molar-refractivity contribution < 1.29 is 18.8 Å². The van der Waals surface area contributed by atoms with E-state index in [2.05, 4.69) is 10.3 Å². The Bertz CT molecular complexity index is 1560. The van der Waals surface area contributed by atoms with E-state index in [1.165, 1.54) is 12.1 Å². The molecule has 2 atom stereocenters. The molecule has 1 fully saturated rings. The van der Waals surface area contributed by atoms with Crippen LogP contribution in [0.2, 0.25) is 5.02 Å². The highest BCUT2D eigenvalue weighted by molar-refractivity contribution is 6.31. The third-order valence-corrected chi connectivity index (χ3v) is 8.39. The number of hydrogen-bond acceptors (Lipinski definition) is 6. The molecule has 1 aliphatic carbocycles. The van der Waals surface area contributed by atoms with Gasteiger partial charge < -0.3 is 14.9 Å². The fourth-order valence-corrected chi connectivity index (χ4v) is 5.59. The lowest BCUT2D eigenvalue weighted by Gasteiger charge is -2.34. The van der Waals surface area contributed by atoms with Crippen molar-refractivity contribution in [3.63, 3.8) is 0 Å². The molecule has 0 spiro atoms. The van der Waals surface area contributed by atoms with Crippen molar-refractivity contribution in [2.24, 2.45) is 11.8 Å². The molecule has 2 aromatic carbocycles. The van der Waals surface area contributed by atoms with Crippen LogP contribution >= 0.6 is 11.6 Å². The summed E-state index contributed by atoms with van der Waals surface area (Å²) in [4.78, 5) is 27.9. The van der Waals surface area contributed by atoms with Crippen molar-refractivity contribution in [3.8, 4) is 17.0 Å². The third kappa shape index (κ3) is 6.20. The van der Waals surface area contributed by atoms with E-state index in [0.29, 0.717) is 34.5 Å². The standard InChI is InChI=1S/C32H34ClFN4O3/c1-18(17-41-35)25-15-29(38-30(31(25)40-3)21-7-10-24(34)11-8-21)26(20-5-4-6-20)16-36-32(39)22-9-12-28-23(13-22)14-27(33)19(2)37-28/h7-15,18,20,26H,4-6,16-17,35H2,1-3H3,(H,36,39). The number of ether oxygens (including phenoxy) is 1. The average Bonchev–Trinajstić information content (AvgIpc) is 2.94. The number of nitrogens with one attached hydrogen (secondary N) is 1. The number of halogens is 2. The number of amides is 1. The highest BCUT2D eigenvalue weighted by Crippen LogP contribution is 2.43. The van der Waals surface area contributed by atoms with Gasteiger partial charge in [-0.05, 0) is 80.3 Å². The van der Waals surface area contributed by atoms with E-state index in [-0.39, 0.29) is 30.2 Å². The summed E-state index contributed by atoms with van der Waals surface area (Å²) in [6.07, 6.45) is 3.24. The molecule has 7 nitrogen and oxygen atoms in total. The minimum Gasteiger partial charge on any atom is -0.494 e. The fraction of sp³-hybridized carbons (Fsp3) is 0.344. The molecule has 0 aliphatic heterocycles. The Morgan fingerprint density at radius 1 is 1.15 bits per heavy atom. The predicted molar refractivity (Wildman–Crippen MR) is 159 cm³/mol. The number of nitrogens with two attached hydrogens (primary N) is 1. The number of carbonyl (C=O) groups excluding carboxylic acids is 1. The molecule has 2 aromatic heterocycles. The molecule has 214 valence electrons. The second-order valence-electron chi connectivity index (χ2n) is 10.7. The van der Waals surface area contributed by atoms with Gasteiger partial charge in [0.25, 0.3) is 5.91 Å². The number of carbonyl (C=O) groups is 1. The van der Waals surface area contributed by atoms with Gasteiger partial charge in [-0.15, -0.1) is 0 Å². The molecule has 1 saturated carbocycles. The van der Waals surface area contributed by atoms with Gasteiger partial charge in [-0.3, -0.25) is 9.78 Å². The van der Waals surface area contributed by atoms with Gasteiger partial charge in [0.05, 0.1) is 29.9 Å². The maximum atomic E-state index is 13.8. The number of nitrogens with zero attached hydrogens (tertiary/aromatic N) is 2. The predicted octanol–water partition coefficient (Wildman–Crippen LogP) is 6.71. The average molecular weight is 577 g/mol. The van der Waals surface area contributed by atoms with Gasteiger partial charge >= 0.3 is 0 Å². The summed E-state index contributed by atoms with van der Waals surface area (Å²) < 4.78 is 19.6. The van der Waals surface area contributed by atoms with Gasteiger partial charge in [0.2, 0.25) is 0 Å².